The first-order valence-electron chi connectivity index (χ1n) is 6.88. The first kappa shape index (κ1) is 15.8. The van der Waals surface area contributed by atoms with E-state index in [1.165, 1.54) is 3.61 Å². The van der Waals surface area contributed by atoms with Crippen molar-refractivity contribution in [3.05, 3.63) is 69.8 Å². The number of benzene rings is 2. The van der Waals surface area contributed by atoms with Crippen LogP contribution in [-0.4, -0.2) is 33.5 Å². The van der Waals surface area contributed by atoms with Gasteiger partial charge in [0.15, 0.2) is 0 Å². The standard InChI is InChI=1S/C18H18O2Te/c1-3-20-18(19)17(21-16-12-8-5-9-13-16)14(2)15-10-6-4-7-11-15/h4-13H,3H2,1-2H3/b17-14-. The minimum atomic E-state index is -0.760. The van der Waals surface area contributed by atoms with Crippen molar-refractivity contribution in [2.24, 2.45) is 0 Å². The topological polar surface area (TPSA) is 26.3 Å². The van der Waals surface area contributed by atoms with Gasteiger partial charge in [-0.3, -0.25) is 0 Å². The Balaban J connectivity index is 2.38. The van der Waals surface area contributed by atoms with Crippen molar-refractivity contribution in [3.63, 3.8) is 0 Å². The van der Waals surface area contributed by atoms with E-state index in [1.54, 1.807) is 0 Å². The molecular weight excluding hydrogens is 376 g/mol. The molecule has 0 aliphatic heterocycles. The van der Waals surface area contributed by atoms with Crippen molar-refractivity contribution in [2.75, 3.05) is 6.61 Å². The second-order valence-electron chi connectivity index (χ2n) is 4.46. The van der Waals surface area contributed by atoms with Gasteiger partial charge < -0.3 is 0 Å². The van der Waals surface area contributed by atoms with Crippen molar-refractivity contribution < 1.29 is 9.53 Å². The SMILES string of the molecule is CCOC(=O)/C([Te]c1ccccc1)=C(\C)c1ccccc1. The number of carbonyl (C=O) groups is 1. The summed E-state index contributed by atoms with van der Waals surface area (Å²) in [5, 5.41) is 0. The Kier molecular flexibility index (Phi) is 6.04. The average molecular weight is 394 g/mol. The molecule has 3 heteroatoms. The van der Waals surface area contributed by atoms with Gasteiger partial charge in [-0.05, 0) is 0 Å². The van der Waals surface area contributed by atoms with Crippen LogP contribution in [-0.2, 0) is 9.53 Å². The zero-order chi connectivity index (χ0) is 15.1. The monoisotopic (exact) mass is 396 g/mol. The third-order valence-corrected chi connectivity index (χ3v) is 6.35. The van der Waals surface area contributed by atoms with Gasteiger partial charge in [0, 0.05) is 0 Å². The fourth-order valence-electron chi connectivity index (χ4n) is 1.89. The van der Waals surface area contributed by atoms with Crippen LogP contribution < -0.4 is 3.61 Å². The van der Waals surface area contributed by atoms with Crippen LogP contribution in [0.15, 0.2) is 64.3 Å². The van der Waals surface area contributed by atoms with E-state index in [1.807, 2.05) is 62.4 Å². The van der Waals surface area contributed by atoms with Gasteiger partial charge in [0.2, 0.25) is 0 Å². The number of esters is 1. The molecule has 0 N–H and O–H groups in total. The minimum absolute atomic E-state index is 0.176. The van der Waals surface area contributed by atoms with E-state index in [4.69, 9.17) is 4.74 Å². The van der Waals surface area contributed by atoms with Gasteiger partial charge in [0.1, 0.15) is 0 Å². The Hall–Kier alpha value is -1.56. The summed E-state index contributed by atoms with van der Waals surface area (Å²) in [6.45, 7) is 4.26. The summed E-state index contributed by atoms with van der Waals surface area (Å²) in [7, 11) is 0. The van der Waals surface area contributed by atoms with Crippen LogP contribution in [0.4, 0.5) is 0 Å². The van der Waals surface area contributed by atoms with Gasteiger partial charge in [-0.25, -0.2) is 0 Å². The molecule has 21 heavy (non-hydrogen) atoms. The fourth-order valence-corrected chi connectivity index (χ4v) is 4.58. The summed E-state index contributed by atoms with van der Waals surface area (Å²) < 4.78 is 7.34. The van der Waals surface area contributed by atoms with E-state index >= 15 is 0 Å². The van der Waals surface area contributed by atoms with E-state index in [0.29, 0.717) is 6.61 Å². The molecule has 0 saturated carbocycles. The Morgan fingerprint density at radius 2 is 1.57 bits per heavy atom. The van der Waals surface area contributed by atoms with E-state index in [9.17, 15) is 4.79 Å². The molecule has 2 rings (SSSR count). The summed E-state index contributed by atoms with van der Waals surface area (Å²) in [5.74, 6) is -0.176. The summed E-state index contributed by atoms with van der Waals surface area (Å²) in [6, 6.07) is 20.2. The van der Waals surface area contributed by atoms with Gasteiger partial charge >= 0.3 is 136 Å². The molecule has 0 spiro atoms. The van der Waals surface area contributed by atoms with Crippen molar-refractivity contribution in [3.8, 4) is 0 Å². The predicted octanol–water partition coefficient (Wildman–Crippen LogP) is 3.01. The molecule has 0 saturated heterocycles. The van der Waals surface area contributed by atoms with Crippen molar-refractivity contribution in [1.82, 2.24) is 0 Å². The summed E-state index contributed by atoms with van der Waals surface area (Å²) >= 11 is -0.760. The average Bonchev–Trinajstić information content (AvgIpc) is 2.54. The first-order valence-corrected chi connectivity index (χ1v) is 9.21. The van der Waals surface area contributed by atoms with Crippen LogP contribution in [0, 0.1) is 0 Å². The maximum atomic E-state index is 12.3. The molecular formula is C18H18O2Te. The van der Waals surface area contributed by atoms with E-state index < -0.39 is 20.9 Å². The Bertz CT molecular complexity index is 618. The number of ether oxygens (including phenoxy) is 1. The first-order chi connectivity index (χ1) is 10.2. The molecule has 0 aliphatic rings. The third-order valence-electron chi connectivity index (χ3n) is 2.97. The summed E-state index contributed by atoms with van der Waals surface area (Å²) in [6.07, 6.45) is 0. The molecule has 0 heterocycles. The molecule has 0 aromatic heterocycles. The van der Waals surface area contributed by atoms with Crippen molar-refractivity contribution in [2.45, 2.75) is 13.8 Å². The van der Waals surface area contributed by atoms with Crippen LogP contribution in [0.1, 0.15) is 19.4 Å². The second kappa shape index (κ2) is 8.02. The number of allylic oxidation sites excluding steroid dienone is 1. The molecule has 0 fully saturated rings. The van der Waals surface area contributed by atoms with Crippen molar-refractivity contribution in [1.29, 1.82) is 0 Å². The number of carbonyl (C=O) groups excluding carboxylic acids is 1. The molecule has 0 radical (unpaired) electrons. The van der Waals surface area contributed by atoms with E-state index in [2.05, 4.69) is 12.1 Å². The summed E-state index contributed by atoms with van der Waals surface area (Å²) in [5.41, 5.74) is 2.11. The van der Waals surface area contributed by atoms with E-state index in [0.717, 1.165) is 14.8 Å². The van der Waals surface area contributed by atoms with Crippen LogP contribution in [0.2, 0.25) is 0 Å². The van der Waals surface area contributed by atoms with Gasteiger partial charge in [-0.1, -0.05) is 0 Å². The zero-order valence-electron chi connectivity index (χ0n) is 12.2. The molecule has 2 nitrogen and oxygen atoms in total. The fraction of sp³-hybridized carbons (Fsp3) is 0.167. The Labute approximate surface area is 135 Å². The number of hydrogen-bond acceptors (Lipinski definition) is 2. The number of rotatable bonds is 5. The van der Waals surface area contributed by atoms with Gasteiger partial charge in [-0.15, -0.1) is 0 Å². The zero-order valence-corrected chi connectivity index (χ0v) is 14.5. The maximum absolute atomic E-state index is 12.3. The van der Waals surface area contributed by atoms with Crippen LogP contribution in [0.25, 0.3) is 5.57 Å². The quantitative estimate of drug-likeness (QED) is 0.443. The molecule has 2 aromatic carbocycles. The third kappa shape index (κ3) is 4.46. The second-order valence-corrected chi connectivity index (χ2v) is 7.55. The molecule has 0 aliphatic carbocycles. The van der Waals surface area contributed by atoms with Crippen molar-refractivity contribution >= 4 is 36.1 Å². The van der Waals surface area contributed by atoms with Gasteiger partial charge in [0.05, 0.1) is 0 Å². The molecule has 2 aromatic rings. The number of hydrogen-bond donors (Lipinski definition) is 0. The Morgan fingerprint density at radius 1 is 1.00 bits per heavy atom. The normalized spacial score (nSPS) is 11.7. The molecule has 0 bridgehead atoms. The van der Waals surface area contributed by atoms with Crippen LogP contribution >= 0.6 is 0 Å². The summed E-state index contributed by atoms with van der Waals surface area (Å²) in [4.78, 5) is 12.3. The predicted molar refractivity (Wildman–Crippen MR) is 87.5 cm³/mol. The van der Waals surface area contributed by atoms with Crippen LogP contribution in [0.3, 0.4) is 0 Å². The molecule has 0 unspecified atom stereocenters. The Morgan fingerprint density at radius 3 is 2.14 bits per heavy atom. The molecule has 0 amide bonds. The molecule has 108 valence electrons. The van der Waals surface area contributed by atoms with Gasteiger partial charge in [-0.2, -0.15) is 0 Å². The van der Waals surface area contributed by atoms with E-state index in [-0.39, 0.29) is 5.97 Å². The molecule has 0 atom stereocenters. The van der Waals surface area contributed by atoms with Crippen LogP contribution in [0.5, 0.6) is 0 Å². The van der Waals surface area contributed by atoms with Gasteiger partial charge in [0.25, 0.3) is 0 Å².